The molecule has 5 nitrogen and oxygen atoms in total. The minimum Gasteiger partial charge on any atom is -0.364 e. The molecule has 0 spiro atoms. The predicted octanol–water partition coefficient (Wildman–Crippen LogP) is 2.47. The first-order valence-corrected chi connectivity index (χ1v) is 6.84. The fourth-order valence-corrected chi connectivity index (χ4v) is 2.53. The number of hydrogen-bond donors (Lipinski definition) is 2. The maximum Gasteiger partial charge on any atom is 0.304 e. The van der Waals surface area contributed by atoms with Crippen molar-refractivity contribution >= 4 is 28.1 Å². The molecule has 0 fully saturated rings. The second kappa shape index (κ2) is 5.15. The van der Waals surface area contributed by atoms with Crippen LogP contribution in [0.15, 0.2) is 40.5 Å². The SMILES string of the molecule is N#Cc1cc(NCc2csc(=O)[nH]2)nc2ccccc12. The monoisotopic (exact) mass is 282 g/mol. The minimum atomic E-state index is -0.0778. The molecule has 2 N–H and O–H groups in total. The second-order valence-electron chi connectivity index (χ2n) is 4.21. The van der Waals surface area contributed by atoms with Gasteiger partial charge in [-0.15, -0.1) is 0 Å². The third-order valence-electron chi connectivity index (χ3n) is 2.87. The van der Waals surface area contributed by atoms with E-state index in [0.29, 0.717) is 17.9 Å². The van der Waals surface area contributed by atoms with Crippen LogP contribution in [-0.2, 0) is 6.54 Å². The number of H-pyrrole nitrogens is 1. The van der Waals surface area contributed by atoms with E-state index in [1.165, 1.54) is 0 Å². The Kier molecular flexibility index (Phi) is 3.19. The third kappa shape index (κ3) is 2.39. The van der Waals surface area contributed by atoms with E-state index in [1.807, 2.05) is 24.3 Å². The summed E-state index contributed by atoms with van der Waals surface area (Å²) in [6.07, 6.45) is 0. The Morgan fingerprint density at radius 1 is 1.40 bits per heavy atom. The van der Waals surface area contributed by atoms with E-state index < -0.39 is 0 Å². The summed E-state index contributed by atoms with van der Waals surface area (Å²) in [6, 6.07) is 11.4. The van der Waals surface area contributed by atoms with Crippen LogP contribution >= 0.6 is 11.3 Å². The molecule has 2 heterocycles. The van der Waals surface area contributed by atoms with Crippen LogP contribution in [0.5, 0.6) is 0 Å². The largest absolute Gasteiger partial charge is 0.364 e. The van der Waals surface area contributed by atoms with Gasteiger partial charge in [0.05, 0.1) is 23.7 Å². The van der Waals surface area contributed by atoms with Crippen molar-refractivity contribution in [3.8, 4) is 6.07 Å². The topological polar surface area (TPSA) is 81.6 Å². The minimum absolute atomic E-state index is 0.0778. The van der Waals surface area contributed by atoms with Crippen molar-refractivity contribution < 1.29 is 0 Å². The molecule has 1 aromatic carbocycles. The number of aromatic nitrogens is 2. The number of nitriles is 1. The maximum absolute atomic E-state index is 11.1. The number of para-hydroxylation sites is 1. The zero-order valence-electron chi connectivity index (χ0n) is 10.4. The third-order valence-corrected chi connectivity index (χ3v) is 3.59. The molecule has 0 atom stereocenters. The lowest BCUT2D eigenvalue weighted by molar-refractivity contribution is 1.05. The van der Waals surface area contributed by atoms with Gasteiger partial charge in [-0.05, 0) is 12.1 Å². The van der Waals surface area contributed by atoms with Gasteiger partial charge in [0.1, 0.15) is 5.82 Å². The van der Waals surface area contributed by atoms with Crippen molar-refractivity contribution in [3.05, 3.63) is 56.6 Å². The number of hydrogen-bond acceptors (Lipinski definition) is 5. The van der Waals surface area contributed by atoms with Crippen molar-refractivity contribution in [3.63, 3.8) is 0 Å². The number of nitrogens with one attached hydrogen (secondary N) is 2. The number of fused-ring (bicyclic) bond motifs is 1. The van der Waals surface area contributed by atoms with Crippen molar-refractivity contribution in [1.82, 2.24) is 9.97 Å². The number of anilines is 1. The van der Waals surface area contributed by atoms with Gasteiger partial charge < -0.3 is 10.3 Å². The second-order valence-corrected chi connectivity index (χ2v) is 5.05. The van der Waals surface area contributed by atoms with Gasteiger partial charge in [-0.1, -0.05) is 29.5 Å². The lowest BCUT2D eigenvalue weighted by atomic mass is 10.1. The summed E-state index contributed by atoms with van der Waals surface area (Å²) < 4.78 is 0. The molecule has 0 radical (unpaired) electrons. The van der Waals surface area contributed by atoms with Gasteiger partial charge >= 0.3 is 4.87 Å². The molecule has 20 heavy (non-hydrogen) atoms. The van der Waals surface area contributed by atoms with Crippen molar-refractivity contribution in [2.45, 2.75) is 6.54 Å². The number of rotatable bonds is 3. The first-order chi connectivity index (χ1) is 9.76. The lowest BCUT2D eigenvalue weighted by Gasteiger charge is -2.07. The summed E-state index contributed by atoms with van der Waals surface area (Å²) in [4.78, 5) is 18.2. The Labute approximate surface area is 118 Å². The van der Waals surface area contributed by atoms with E-state index in [-0.39, 0.29) is 4.87 Å². The normalized spacial score (nSPS) is 10.3. The highest BCUT2D eigenvalue weighted by molar-refractivity contribution is 7.07. The fraction of sp³-hybridized carbons (Fsp3) is 0.0714. The average molecular weight is 282 g/mol. The molecule has 2 aromatic heterocycles. The zero-order valence-corrected chi connectivity index (χ0v) is 11.2. The number of aromatic amines is 1. The molecular weight excluding hydrogens is 272 g/mol. The first-order valence-electron chi connectivity index (χ1n) is 5.97. The van der Waals surface area contributed by atoms with E-state index in [4.69, 9.17) is 0 Å². The van der Waals surface area contributed by atoms with Crippen molar-refractivity contribution in [1.29, 1.82) is 5.26 Å². The van der Waals surface area contributed by atoms with E-state index in [0.717, 1.165) is 27.9 Å². The molecule has 3 aromatic rings. The smallest absolute Gasteiger partial charge is 0.304 e. The van der Waals surface area contributed by atoms with Crippen LogP contribution in [0, 0.1) is 11.3 Å². The van der Waals surface area contributed by atoms with Crippen molar-refractivity contribution in [2.75, 3.05) is 5.32 Å². The van der Waals surface area contributed by atoms with Gasteiger partial charge in [0, 0.05) is 16.5 Å². The summed E-state index contributed by atoms with van der Waals surface area (Å²) in [6.45, 7) is 0.467. The number of thiazole rings is 1. The number of pyridine rings is 1. The molecule has 0 amide bonds. The molecule has 0 saturated heterocycles. The Morgan fingerprint density at radius 3 is 3.00 bits per heavy atom. The molecule has 0 aliphatic heterocycles. The van der Waals surface area contributed by atoms with Gasteiger partial charge in [-0.25, -0.2) is 4.98 Å². The van der Waals surface area contributed by atoms with Crippen LogP contribution in [0.1, 0.15) is 11.3 Å². The highest BCUT2D eigenvalue weighted by atomic mass is 32.1. The van der Waals surface area contributed by atoms with Crippen LogP contribution in [-0.4, -0.2) is 9.97 Å². The molecule has 6 heteroatoms. The highest BCUT2D eigenvalue weighted by Crippen LogP contribution is 2.20. The highest BCUT2D eigenvalue weighted by Gasteiger charge is 2.05. The Bertz CT molecular complexity index is 859. The van der Waals surface area contributed by atoms with Gasteiger partial charge in [-0.2, -0.15) is 5.26 Å². The first kappa shape index (κ1) is 12.4. The number of benzene rings is 1. The van der Waals surface area contributed by atoms with E-state index >= 15 is 0 Å². The predicted molar refractivity (Wildman–Crippen MR) is 78.7 cm³/mol. The molecule has 3 rings (SSSR count). The van der Waals surface area contributed by atoms with E-state index in [1.54, 1.807) is 11.4 Å². The molecule has 0 unspecified atom stereocenters. The Hall–Kier alpha value is -2.65. The molecular formula is C14H10N4OS. The molecule has 0 aliphatic carbocycles. The summed E-state index contributed by atoms with van der Waals surface area (Å²) in [7, 11) is 0. The van der Waals surface area contributed by atoms with E-state index in [2.05, 4.69) is 21.4 Å². The van der Waals surface area contributed by atoms with Crippen LogP contribution in [0.25, 0.3) is 10.9 Å². The lowest BCUT2D eigenvalue weighted by Crippen LogP contribution is -2.04. The standard InChI is InChI=1S/C14H10N4OS/c15-6-9-5-13(16-7-10-8-20-14(19)17-10)18-12-4-2-1-3-11(9)12/h1-5,8H,7H2,(H,16,18)(H,17,19). The molecule has 0 saturated carbocycles. The fourth-order valence-electron chi connectivity index (χ4n) is 1.94. The summed E-state index contributed by atoms with van der Waals surface area (Å²) >= 11 is 1.13. The van der Waals surface area contributed by atoms with E-state index in [9.17, 15) is 10.1 Å². The summed E-state index contributed by atoms with van der Waals surface area (Å²) in [5.41, 5.74) is 2.15. The van der Waals surface area contributed by atoms with Gasteiger partial charge in [0.15, 0.2) is 0 Å². The number of nitrogens with zero attached hydrogens (tertiary/aromatic N) is 2. The molecule has 98 valence electrons. The van der Waals surface area contributed by atoms with Crippen LogP contribution in [0.4, 0.5) is 5.82 Å². The zero-order chi connectivity index (χ0) is 13.9. The Morgan fingerprint density at radius 2 is 2.25 bits per heavy atom. The maximum atomic E-state index is 11.1. The van der Waals surface area contributed by atoms with Gasteiger partial charge in [-0.3, -0.25) is 4.79 Å². The summed E-state index contributed by atoms with van der Waals surface area (Å²) in [5, 5.41) is 14.9. The summed E-state index contributed by atoms with van der Waals surface area (Å²) in [5.74, 6) is 0.618. The van der Waals surface area contributed by atoms with Crippen LogP contribution in [0.2, 0.25) is 0 Å². The quantitative estimate of drug-likeness (QED) is 0.773. The van der Waals surface area contributed by atoms with Crippen LogP contribution < -0.4 is 10.2 Å². The molecule has 0 aliphatic rings. The average Bonchev–Trinajstić information content (AvgIpc) is 2.90. The van der Waals surface area contributed by atoms with Crippen molar-refractivity contribution in [2.24, 2.45) is 0 Å². The van der Waals surface area contributed by atoms with Gasteiger partial charge in [0.25, 0.3) is 0 Å². The Balaban J connectivity index is 1.92. The van der Waals surface area contributed by atoms with Gasteiger partial charge in [0.2, 0.25) is 0 Å². The van der Waals surface area contributed by atoms with Crippen LogP contribution in [0.3, 0.4) is 0 Å². The molecule has 0 bridgehead atoms.